The Morgan fingerprint density at radius 2 is 1.78 bits per heavy atom. The fraction of sp³-hybridized carbons (Fsp3) is 0.500. The maximum Gasteiger partial charge on any atom is 0.195 e. The van der Waals surface area contributed by atoms with Gasteiger partial charge in [-0.25, -0.2) is 9.97 Å². The van der Waals surface area contributed by atoms with E-state index in [2.05, 4.69) is 56.8 Å². The molecule has 0 saturated carbocycles. The van der Waals surface area contributed by atoms with Gasteiger partial charge in [-0.15, -0.1) is 5.10 Å². The Kier molecular flexibility index (Phi) is 3.60. The van der Waals surface area contributed by atoms with Crippen molar-refractivity contribution >= 4 is 22.6 Å². The van der Waals surface area contributed by atoms with Gasteiger partial charge in [0.15, 0.2) is 11.4 Å². The minimum atomic E-state index is 0.0322. The van der Waals surface area contributed by atoms with Crippen LogP contribution in [0.3, 0.4) is 0 Å². The van der Waals surface area contributed by atoms with Crippen molar-refractivity contribution in [3.63, 3.8) is 0 Å². The minimum absolute atomic E-state index is 0.0322. The fourth-order valence-corrected chi connectivity index (χ4v) is 4.28. The van der Waals surface area contributed by atoms with Gasteiger partial charge < -0.3 is 14.2 Å². The summed E-state index contributed by atoms with van der Waals surface area (Å²) in [5.74, 6) is 3.12. The Labute approximate surface area is 158 Å². The molecule has 7 nitrogen and oxygen atoms in total. The first-order chi connectivity index (χ1) is 13.0. The standard InChI is InChI=1S/C20H24N6O/c1-20(2,3)16-6-17(22-12-21-16)25-8-14-10-26(11-15(14)9-25)19-18-13(4-5-27-18)7-23-24-19/h4-7,12,14-15H,8-11H2,1-3H3. The molecule has 3 aromatic rings. The zero-order chi connectivity index (χ0) is 18.6. The average molecular weight is 364 g/mol. The second-order valence-corrected chi connectivity index (χ2v) is 8.71. The van der Waals surface area contributed by atoms with Gasteiger partial charge in [0.05, 0.1) is 18.2 Å². The lowest BCUT2D eigenvalue weighted by Crippen LogP contribution is -2.30. The molecule has 5 rings (SSSR count). The largest absolute Gasteiger partial charge is 0.460 e. The van der Waals surface area contributed by atoms with Gasteiger partial charge in [0.1, 0.15) is 12.1 Å². The number of hydrogen-bond acceptors (Lipinski definition) is 7. The van der Waals surface area contributed by atoms with Crippen LogP contribution >= 0.6 is 0 Å². The molecule has 2 aliphatic heterocycles. The van der Waals surface area contributed by atoms with Gasteiger partial charge in [0.2, 0.25) is 0 Å². The van der Waals surface area contributed by atoms with Crippen molar-refractivity contribution in [2.24, 2.45) is 11.8 Å². The van der Waals surface area contributed by atoms with Crippen LogP contribution in [0.5, 0.6) is 0 Å². The molecule has 0 bridgehead atoms. The lowest BCUT2D eigenvalue weighted by atomic mass is 9.92. The number of rotatable bonds is 2. The molecule has 0 N–H and O–H groups in total. The number of furan rings is 1. The monoisotopic (exact) mass is 364 g/mol. The fourth-order valence-electron chi connectivity index (χ4n) is 4.28. The van der Waals surface area contributed by atoms with Gasteiger partial charge in [0, 0.05) is 54.9 Å². The van der Waals surface area contributed by atoms with Gasteiger partial charge >= 0.3 is 0 Å². The van der Waals surface area contributed by atoms with Crippen molar-refractivity contribution in [2.75, 3.05) is 36.0 Å². The second kappa shape index (κ2) is 5.90. The molecule has 0 spiro atoms. The predicted octanol–water partition coefficient (Wildman–Crippen LogP) is 2.88. The second-order valence-electron chi connectivity index (χ2n) is 8.71. The Morgan fingerprint density at radius 1 is 1.04 bits per heavy atom. The lowest BCUT2D eigenvalue weighted by Gasteiger charge is -2.24. The van der Waals surface area contributed by atoms with Crippen molar-refractivity contribution in [2.45, 2.75) is 26.2 Å². The van der Waals surface area contributed by atoms with E-state index in [-0.39, 0.29) is 5.41 Å². The molecule has 5 heterocycles. The highest BCUT2D eigenvalue weighted by atomic mass is 16.3. The first-order valence-electron chi connectivity index (χ1n) is 9.50. The summed E-state index contributed by atoms with van der Waals surface area (Å²) in [6, 6.07) is 4.09. The molecule has 0 aliphatic carbocycles. The molecule has 3 aromatic heterocycles. The van der Waals surface area contributed by atoms with Gasteiger partial charge in [-0.2, -0.15) is 5.10 Å². The Morgan fingerprint density at radius 3 is 2.52 bits per heavy atom. The van der Waals surface area contributed by atoms with Crippen LogP contribution in [-0.4, -0.2) is 46.3 Å². The maximum absolute atomic E-state index is 5.65. The van der Waals surface area contributed by atoms with E-state index in [0.29, 0.717) is 11.8 Å². The Balaban J connectivity index is 1.33. The van der Waals surface area contributed by atoms with Gasteiger partial charge in [-0.05, 0) is 6.07 Å². The van der Waals surface area contributed by atoms with Crippen LogP contribution < -0.4 is 9.80 Å². The summed E-state index contributed by atoms with van der Waals surface area (Å²) in [6.07, 6.45) is 5.16. The molecule has 7 heteroatoms. The highest BCUT2D eigenvalue weighted by Gasteiger charge is 2.41. The first-order valence-corrected chi connectivity index (χ1v) is 9.50. The van der Waals surface area contributed by atoms with Gasteiger partial charge in [-0.1, -0.05) is 20.8 Å². The molecule has 2 fully saturated rings. The lowest BCUT2D eigenvalue weighted by molar-refractivity contribution is 0.533. The zero-order valence-corrected chi connectivity index (χ0v) is 16.0. The summed E-state index contributed by atoms with van der Waals surface area (Å²) < 4.78 is 5.65. The van der Waals surface area contributed by atoms with Crippen molar-refractivity contribution < 1.29 is 4.42 Å². The first kappa shape index (κ1) is 16.5. The topological polar surface area (TPSA) is 71.2 Å². The molecule has 0 radical (unpaired) electrons. The summed E-state index contributed by atoms with van der Waals surface area (Å²) in [4.78, 5) is 13.7. The van der Waals surface area contributed by atoms with Gasteiger partial charge in [0.25, 0.3) is 0 Å². The van der Waals surface area contributed by atoms with Crippen molar-refractivity contribution in [1.82, 2.24) is 20.2 Å². The maximum atomic E-state index is 5.65. The molecule has 0 aromatic carbocycles. The smallest absolute Gasteiger partial charge is 0.195 e. The van der Waals surface area contributed by atoms with E-state index in [4.69, 9.17) is 4.42 Å². The van der Waals surface area contributed by atoms with Crippen LogP contribution in [0.15, 0.2) is 35.3 Å². The molecule has 27 heavy (non-hydrogen) atoms. The molecule has 0 amide bonds. The molecule has 2 aliphatic rings. The minimum Gasteiger partial charge on any atom is -0.460 e. The number of nitrogens with zero attached hydrogens (tertiary/aromatic N) is 6. The van der Waals surface area contributed by atoms with Crippen LogP contribution in [0.25, 0.3) is 11.0 Å². The summed E-state index contributed by atoms with van der Waals surface area (Å²) in [7, 11) is 0. The Hall–Kier alpha value is -2.70. The van der Waals surface area contributed by atoms with Crippen molar-refractivity contribution in [1.29, 1.82) is 0 Å². The molecular weight excluding hydrogens is 340 g/mol. The quantitative estimate of drug-likeness (QED) is 0.692. The van der Waals surface area contributed by atoms with E-state index in [1.54, 1.807) is 18.8 Å². The third-order valence-corrected chi connectivity index (χ3v) is 5.78. The third-order valence-electron chi connectivity index (χ3n) is 5.78. The Bertz CT molecular complexity index is 964. The van der Waals surface area contributed by atoms with E-state index < -0.39 is 0 Å². The summed E-state index contributed by atoms with van der Waals surface area (Å²) >= 11 is 0. The predicted molar refractivity (Wildman–Crippen MR) is 104 cm³/mol. The summed E-state index contributed by atoms with van der Waals surface area (Å²) in [6.45, 7) is 10.6. The normalized spacial score (nSPS) is 22.6. The van der Waals surface area contributed by atoms with Crippen LogP contribution in [-0.2, 0) is 5.41 Å². The van der Waals surface area contributed by atoms with E-state index in [0.717, 1.165) is 54.5 Å². The highest BCUT2D eigenvalue weighted by molar-refractivity contribution is 5.86. The van der Waals surface area contributed by atoms with Gasteiger partial charge in [-0.3, -0.25) is 0 Å². The highest BCUT2D eigenvalue weighted by Crippen LogP contribution is 2.37. The molecule has 140 valence electrons. The molecule has 2 unspecified atom stereocenters. The summed E-state index contributed by atoms with van der Waals surface area (Å²) in [5, 5.41) is 9.50. The van der Waals surface area contributed by atoms with Crippen LogP contribution in [0.2, 0.25) is 0 Å². The van der Waals surface area contributed by atoms with Crippen LogP contribution in [0.1, 0.15) is 26.5 Å². The van der Waals surface area contributed by atoms with Crippen LogP contribution in [0.4, 0.5) is 11.6 Å². The molecule has 2 saturated heterocycles. The zero-order valence-electron chi connectivity index (χ0n) is 16.0. The summed E-state index contributed by atoms with van der Waals surface area (Å²) in [5.41, 5.74) is 1.96. The van der Waals surface area contributed by atoms with Crippen molar-refractivity contribution in [3.8, 4) is 0 Å². The van der Waals surface area contributed by atoms with Crippen molar-refractivity contribution in [3.05, 3.63) is 36.6 Å². The average Bonchev–Trinajstić information content (AvgIpc) is 3.35. The number of fused-ring (bicyclic) bond motifs is 2. The number of hydrogen-bond donors (Lipinski definition) is 0. The van der Waals surface area contributed by atoms with Crippen LogP contribution in [0, 0.1) is 11.8 Å². The third kappa shape index (κ3) is 2.81. The SMILES string of the molecule is CC(C)(C)c1cc(N2CC3CN(c4nncc5ccoc45)CC3C2)ncn1. The van der Waals surface area contributed by atoms with E-state index in [1.165, 1.54) is 0 Å². The van der Waals surface area contributed by atoms with E-state index in [9.17, 15) is 0 Å². The van der Waals surface area contributed by atoms with E-state index in [1.807, 2.05) is 6.07 Å². The number of aromatic nitrogens is 4. The molecular formula is C20H24N6O. The van der Waals surface area contributed by atoms with E-state index >= 15 is 0 Å². The number of anilines is 2. The molecule has 2 atom stereocenters.